The summed E-state index contributed by atoms with van der Waals surface area (Å²) >= 11 is 5.11. The van der Waals surface area contributed by atoms with Crippen LogP contribution in [0.2, 0.25) is 0 Å². The highest BCUT2D eigenvalue weighted by molar-refractivity contribution is 9.11. The first-order valence-corrected chi connectivity index (χ1v) is 8.17. The number of rotatable bonds is 6. The van der Waals surface area contributed by atoms with Crippen LogP contribution in [0.15, 0.2) is 34.1 Å². The van der Waals surface area contributed by atoms with E-state index < -0.39 is 0 Å². The molecule has 0 aliphatic carbocycles. The molecule has 1 aromatic heterocycles. The normalized spacial score (nSPS) is 12.2. The lowest BCUT2D eigenvalue weighted by atomic mass is 10.1. The van der Waals surface area contributed by atoms with Crippen LogP contribution in [0.4, 0.5) is 0 Å². The molecule has 1 unspecified atom stereocenters. The van der Waals surface area contributed by atoms with E-state index in [0.717, 1.165) is 25.7 Å². The number of hydrogen-bond acceptors (Lipinski definition) is 4. The molecule has 5 heteroatoms. The van der Waals surface area contributed by atoms with Crippen molar-refractivity contribution in [2.24, 2.45) is 5.73 Å². The zero-order valence-electron chi connectivity index (χ0n) is 11.6. The Labute approximate surface area is 131 Å². The van der Waals surface area contributed by atoms with Crippen LogP contribution in [0.25, 0.3) is 0 Å². The summed E-state index contributed by atoms with van der Waals surface area (Å²) in [5, 5.41) is 0. The van der Waals surface area contributed by atoms with E-state index in [-0.39, 0.29) is 6.04 Å². The highest BCUT2D eigenvalue weighted by Gasteiger charge is 2.14. The van der Waals surface area contributed by atoms with Crippen molar-refractivity contribution in [3.63, 3.8) is 0 Å². The van der Waals surface area contributed by atoms with E-state index >= 15 is 0 Å². The van der Waals surface area contributed by atoms with Gasteiger partial charge in [-0.15, -0.1) is 11.3 Å². The Morgan fingerprint density at radius 1 is 1.10 bits per heavy atom. The summed E-state index contributed by atoms with van der Waals surface area (Å²) in [5.41, 5.74) is 7.33. The standard InChI is InChI=1S/C15H18BrNO2S/c1-3-18-11-6-5-10(9-12(11)19-4-2)15(17)13-7-8-14(16)20-13/h5-9,15H,3-4,17H2,1-2H3. The molecule has 0 fully saturated rings. The van der Waals surface area contributed by atoms with Crippen molar-refractivity contribution >= 4 is 27.3 Å². The van der Waals surface area contributed by atoms with Crippen LogP contribution < -0.4 is 15.2 Å². The maximum Gasteiger partial charge on any atom is 0.161 e. The summed E-state index contributed by atoms with van der Waals surface area (Å²) in [5.74, 6) is 1.51. The summed E-state index contributed by atoms with van der Waals surface area (Å²) in [4.78, 5) is 1.11. The van der Waals surface area contributed by atoms with E-state index in [1.807, 2.05) is 44.2 Å². The number of benzene rings is 1. The number of hydrogen-bond donors (Lipinski definition) is 1. The van der Waals surface area contributed by atoms with Gasteiger partial charge < -0.3 is 15.2 Å². The molecule has 1 aromatic carbocycles. The fourth-order valence-electron chi connectivity index (χ4n) is 1.92. The first-order valence-electron chi connectivity index (χ1n) is 6.56. The number of thiophene rings is 1. The monoisotopic (exact) mass is 355 g/mol. The summed E-state index contributed by atoms with van der Waals surface area (Å²) in [6, 6.07) is 9.78. The molecule has 0 aliphatic heterocycles. The second-order valence-corrected chi connectivity index (χ2v) is 6.69. The molecule has 1 atom stereocenters. The minimum absolute atomic E-state index is 0.152. The average Bonchev–Trinajstić information content (AvgIpc) is 2.87. The lowest BCUT2D eigenvalue weighted by Gasteiger charge is -2.15. The van der Waals surface area contributed by atoms with Crippen molar-refractivity contribution in [1.29, 1.82) is 0 Å². The minimum atomic E-state index is -0.152. The first kappa shape index (κ1) is 15.4. The molecule has 0 amide bonds. The van der Waals surface area contributed by atoms with Gasteiger partial charge in [-0.25, -0.2) is 0 Å². The molecule has 2 N–H and O–H groups in total. The fraction of sp³-hybridized carbons (Fsp3) is 0.333. The molecule has 2 rings (SSSR count). The third-order valence-corrected chi connectivity index (χ3v) is 4.53. The van der Waals surface area contributed by atoms with Gasteiger partial charge in [-0.2, -0.15) is 0 Å². The molecule has 0 aliphatic rings. The Hall–Kier alpha value is -1.04. The minimum Gasteiger partial charge on any atom is -0.490 e. The Morgan fingerprint density at radius 2 is 1.80 bits per heavy atom. The second-order valence-electron chi connectivity index (χ2n) is 4.19. The molecule has 1 heterocycles. The van der Waals surface area contributed by atoms with Crippen LogP contribution >= 0.6 is 27.3 Å². The lowest BCUT2D eigenvalue weighted by Crippen LogP contribution is -2.10. The van der Waals surface area contributed by atoms with Gasteiger partial charge in [0.05, 0.1) is 23.0 Å². The van der Waals surface area contributed by atoms with Crippen molar-refractivity contribution in [3.05, 3.63) is 44.6 Å². The summed E-state index contributed by atoms with van der Waals surface area (Å²) in [6.45, 7) is 5.13. The molecule has 0 saturated carbocycles. The van der Waals surface area contributed by atoms with Gasteiger partial charge in [-0.3, -0.25) is 0 Å². The molecule has 20 heavy (non-hydrogen) atoms. The van der Waals surface area contributed by atoms with Gasteiger partial charge in [0.15, 0.2) is 11.5 Å². The van der Waals surface area contributed by atoms with Crippen molar-refractivity contribution in [2.45, 2.75) is 19.9 Å². The van der Waals surface area contributed by atoms with E-state index in [2.05, 4.69) is 15.9 Å². The Kier molecular flexibility index (Phi) is 5.46. The van der Waals surface area contributed by atoms with Crippen molar-refractivity contribution < 1.29 is 9.47 Å². The molecule has 0 spiro atoms. The van der Waals surface area contributed by atoms with Gasteiger partial charge in [-0.1, -0.05) is 6.07 Å². The van der Waals surface area contributed by atoms with Crippen LogP contribution in [0.3, 0.4) is 0 Å². The SMILES string of the molecule is CCOc1ccc(C(N)c2ccc(Br)s2)cc1OCC. The number of ether oxygens (including phenoxy) is 2. The van der Waals surface area contributed by atoms with Crippen LogP contribution in [0.5, 0.6) is 11.5 Å². The molecule has 2 aromatic rings. The second kappa shape index (κ2) is 7.11. The molecular weight excluding hydrogens is 338 g/mol. The Bertz CT molecular complexity index is 571. The fourth-order valence-corrected chi connectivity index (χ4v) is 3.37. The summed E-state index contributed by atoms with van der Waals surface area (Å²) in [6.07, 6.45) is 0. The van der Waals surface area contributed by atoms with Crippen molar-refractivity contribution in [2.75, 3.05) is 13.2 Å². The largest absolute Gasteiger partial charge is 0.490 e. The smallest absolute Gasteiger partial charge is 0.161 e. The zero-order valence-corrected chi connectivity index (χ0v) is 14.0. The summed E-state index contributed by atoms with van der Waals surface area (Å²) in [7, 11) is 0. The van der Waals surface area contributed by atoms with E-state index in [0.29, 0.717) is 13.2 Å². The average molecular weight is 356 g/mol. The van der Waals surface area contributed by atoms with Gasteiger partial charge >= 0.3 is 0 Å². The quantitative estimate of drug-likeness (QED) is 0.837. The highest BCUT2D eigenvalue weighted by Crippen LogP contribution is 2.34. The predicted octanol–water partition coefficient (Wildman–Crippen LogP) is 4.36. The van der Waals surface area contributed by atoms with Gasteiger partial charge in [0, 0.05) is 4.88 Å². The Morgan fingerprint density at radius 3 is 2.40 bits per heavy atom. The van der Waals surface area contributed by atoms with Crippen LogP contribution in [-0.2, 0) is 0 Å². The molecule has 108 valence electrons. The van der Waals surface area contributed by atoms with Crippen LogP contribution in [0.1, 0.15) is 30.3 Å². The third-order valence-electron chi connectivity index (χ3n) is 2.83. The van der Waals surface area contributed by atoms with E-state index in [4.69, 9.17) is 15.2 Å². The maximum absolute atomic E-state index is 6.31. The van der Waals surface area contributed by atoms with Gasteiger partial charge in [0.1, 0.15) is 0 Å². The molecular formula is C15H18BrNO2S. The van der Waals surface area contributed by atoms with Crippen LogP contribution in [0, 0.1) is 0 Å². The van der Waals surface area contributed by atoms with Crippen molar-refractivity contribution in [3.8, 4) is 11.5 Å². The van der Waals surface area contributed by atoms with Crippen molar-refractivity contribution in [1.82, 2.24) is 0 Å². The first-order chi connectivity index (χ1) is 9.65. The highest BCUT2D eigenvalue weighted by atomic mass is 79.9. The molecule has 0 saturated heterocycles. The third kappa shape index (κ3) is 3.53. The van der Waals surface area contributed by atoms with Gasteiger partial charge in [0.25, 0.3) is 0 Å². The predicted molar refractivity (Wildman–Crippen MR) is 86.8 cm³/mol. The molecule has 0 bridgehead atoms. The van der Waals surface area contributed by atoms with E-state index in [1.165, 1.54) is 0 Å². The topological polar surface area (TPSA) is 44.5 Å². The number of halogens is 1. The molecule has 0 radical (unpaired) electrons. The van der Waals surface area contributed by atoms with Gasteiger partial charge in [0.2, 0.25) is 0 Å². The lowest BCUT2D eigenvalue weighted by molar-refractivity contribution is 0.287. The Balaban J connectivity index is 2.29. The van der Waals surface area contributed by atoms with E-state index in [1.54, 1.807) is 11.3 Å². The number of nitrogens with two attached hydrogens (primary N) is 1. The zero-order chi connectivity index (χ0) is 14.5. The van der Waals surface area contributed by atoms with Gasteiger partial charge in [-0.05, 0) is 59.6 Å². The summed E-state index contributed by atoms with van der Waals surface area (Å²) < 4.78 is 12.3. The van der Waals surface area contributed by atoms with E-state index in [9.17, 15) is 0 Å². The van der Waals surface area contributed by atoms with Crippen LogP contribution in [-0.4, -0.2) is 13.2 Å². The molecule has 3 nitrogen and oxygen atoms in total. The maximum atomic E-state index is 6.31.